The molecule has 1 saturated carbocycles. The zero-order valence-corrected chi connectivity index (χ0v) is 17.7. The average Bonchev–Trinajstić information content (AvgIpc) is 2.70. The topological polar surface area (TPSA) is 46.6 Å². The third kappa shape index (κ3) is 2.79. The highest BCUT2D eigenvalue weighted by atomic mass is 16.5. The van der Waals surface area contributed by atoms with Crippen LogP contribution in [0.5, 0.6) is 0 Å². The predicted octanol–water partition coefficient (Wildman–Crippen LogP) is 4.11. The molecule has 1 saturated heterocycles. The number of carbonyl (C=O) groups is 2. The van der Waals surface area contributed by atoms with Crippen LogP contribution in [0.3, 0.4) is 0 Å². The second kappa shape index (κ2) is 6.89. The number of hydrogen-bond acceptors (Lipinski definition) is 3. The van der Waals surface area contributed by atoms with Gasteiger partial charge in [-0.05, 0) is 55.1 Å². The Morgan fingerprint density at radius 3 is 2.36 bits per heavy atom. The van der Waals surface area contributed by atoms with Crippen molar-refractivity contribution in [1.82, 2.24) is 4.90 Å². The molecule has 1 aliphatic heterocycles. The minimum absolute atomic E-state index is 0.0308. The molecule has 4 rings (SSSR count). The third-order valence-corrected chi connectivity index (χ3v) is 8.40. The molecule has 4 heteroatoms. The van der Waals surface area contributed by atoms with Crippen LogP contribution >= 0.6 is 0 Å². The molecule has 2 atom stereocenters. The van der Waals surface area contributed by atoms with Gasteiger partial charge in [-0.15, -0.1) is 0 Å². The number of rotatable bonds is 2. The lowest BCUT2D eigenvalue weighted by atomic mass is 9.51. The highest BCUT2D eigenvalue weighted by Gasteiger charge is 2.57. The Bertz CT molecular complexity index is 778. The van der Waals surface area contributed by atoms with Crippen LogP contribution in [0.4, 0.5) is 0 Å². The number of esters is 1. The number of ether oxygens (including phenoxy) is 1. The van der Waals surface area contributed by atoms with Crippen LogP contribution in [-0.2, 0) is 26.2 Å². The summed E-state index contributed by atoms with van der Waals surface area (Å²) in [5.41, 5.74) is 3.02. The molecule has 0 radical (unpaired) electrons. The molecule has 4 nitrogen and oxygen atoms in total. The number of amides is 1. The van der Waals surface area contributed by atoms with Crippen molar-refractivity contribution in [3.63, 3.8) is 0 Å². The van der Waals surface area contributed by atoms with E-state index in [0.717, 1.165) is 45.1 Å². The molecule has 0 spiro atoms. The number of benzene rings is 1. The molecule has 2 fully saturated rings. The number of likely N-dealkylation sites (tertiary alicyclic amines) is 1. The number of methoxy groups -OCH3 is 1. The van der Waals surface area contributed by atoms with Crippen LogP contribution in [0.25, 0.3) is 0 Å². The van der Waals surface area contributed by atoms with Crippen molar-refractivity contribution in [2.24, 2.45) is 17.3 Å². The molecule has 1 aromatic carbocycles. The van der Waals surface area contributed by atoms with Gasteiger partial charge >= 0.3 is 5.97 Å². The molecule has 3 aliphatic rings. The number of carbonyl (C=O) groups excluding carboxylic acids is 2. The highest BCUT2D eigenvalue weighted by molar-refractivity contribution is 5.80. The van der Waals surface area contributed by atoms with Gasteiger partial charge in [0.25, 0.3) is 0 Å². The van der Waals surface area contributed by atoms with Gasteiger partial charge in [-0.2, -0.15) is 0 Å². The monoisotopic (exact) mass is 383 g/mol. The van der Waals surface area contributed by atoms with Gasteiger partial charge in [-0.3, -0.25) is 9.59 Å². The van der Waals surface area contributed by atoms with Gasteiger partial charge in [0.2, 0.25) is 5.91 Å². The quantitative estimate of drug-likeness (QED) is 0.722. The van der Waals surface area contributed by atoms with E-state index in [1.807, 2.05) is 0 Å². The maximum absolute atomic E-state index is 13.5. The van der Waals surface area contributed by atoms with E-state index in [1.54, 1.807) is 0 Å². The van der Waals surface area contributed by atoms with Crippen molar-refractivity contribution in [3.05, 3.63) is 35.4 Å². The summed E-state index contributed by atoms with van der Waals surface area (Å²) in [6, 6.07) is 9.05. The SMILES string of the molecule is COC(=O)C1CCC(C(=O)N2CC[C@@]3(C)c4ccccc4C[C@H]2C3(C)C)CC1. The summed E-state index contributed by atoms with van der Waals surface area (Å²) in [7, 11) is 1.45. The first-order valence-electron chi connectivity index (χ1n) is 10.8. The third-order valence-electron chi connectivity index (χ3n) is 8.40. The molecule has 1 aromatic rings. The fraction of sp³-hybridized carbons (Fsp3) is 0.667. The number of fused-ring (bicyclic) bond motifs is 4. The molecule has 1 amide bonds. The lowest BCUT2D eigenvalue weighted by molar-refractivity contribution is -0.153. The largest absolute Gasteiger partial charge is 0.469 e. The van der Waals surface area contributed by atoms with Gasteiger partial charge in [-0.1, -0.05) is 45.0 Å². The predicted molar refractivity (Wildman–Crippen MR) is 109 cm³/mol. The van der Waals surface area contributed by atoms with Gasteiger partial charge in [0.05, 0.1) is 13.0 Å². The summed E-state index contributed by atoms with van der Waals surface area (Å²) in [5.74, 6) is 0.211. The fourth-order valence-corrected chi connectivity index (χ4v) is 6.11. The van der Waals surface area contributed by atoms with Crippen molar-refractivity contribution in [1.29, 1.82) is 0 Å². The Morgan fingerprint density at radius 1 is 1.04 bits per heavy atom. The Kier molecular flexibility index (Phi) is 4.79. The Labute approximate surface area is 168 Å². The molecule has 1 heterocycles. The first kappa shape index (κ1) is 19.5. The van der Waals surface area contributed by atoms with E-state index in [1.165, 1.54) is 18.2 Å². The molecule has 28 heavy (non-hydrogen) atoms. The number of hydrogen-bond donors (Lipinski definition) is 0. The summed E-state index contributed by atoms with van der Waals surface area (Å²) < 4.78 is 4.89. The van der Waals surface area contributed by atoms with Crippen molar-refractivity contribution >= 4 is 11.9 Å². The van der Waals surface area contributed by atoms with E-state index in [0.29, 0.717) is 5.91 Å². The molecule has 0 aromatic heterocycles. The van der Waals surface area contributed by atoms with Crippen LogP contribution < -0.4 is 0 Å². The van der Waals surface area contributed by atoms with E-state index in [9.17, 15) is 9.59 Å². The molecule has 0 unspecified atom stereocenters. The lowest BCUT2D eigenvalue weighted by Gasteiger charge is -2.61. The first-order chi connectivity index (χ1) is 13.3. The van der Waals surface area contributed by atoms with Crippen LogP contribution in [0.2, 0.25) is 0 Å². The smallest absolute Gasteiger partial charge is 0.308 e. The van der Waals surface area contributed by atoms with E-state index >= 15 is 0 Å². The standard InChI is InChI=1S/C24H33NO3/c1-23(2)20-15-18-7-5-6-8-19(18)24(23,3)13-14-25(20)21(26)16-9-11-17(12-10-16)22(27)28-4/h5-8,16-17,20H,9-15H2,1-4H3/t16?,17?,20-,24-/m0/s1. The van der Waals surface area contributed by atoms with E-state index in [2.05, 4.69) is 49.9 Å². The van der Waals surface area contributed by atoms with Gasteiger partial charge in [0.15, 0.2) is 0 Å². The summed E-state index contributed by atoms with van der Waals surface area (Å²) in [5, 5.41) is 0. The maximum atomic E-state index is 13.5. The molecule has 152 valence electrons. The minimum atomic E-state index is -0.121. The summed E-state index contributed by atoms with van der Waals surface area (Å²) >= 11 is 0. The lowest BCUT2D eigenvalue weighted by Crippen LogP contribution is -2.65. The Hall–Kier alpha value is -1.84. The van der Waals surface area contributed by atoms with E-state index in [4.69, 9.17) is 4.74 Å². The van der Waals surface area contributed by atoms with Crippen molar-refractivity contribution in [2.75, 3.05) is 13.7 Å². The van der Waals surface area contributed by atoms with Gasteiger partial charge in [0.1, 0.15) is 0 Å². The maximum Gasteiger partial charge on any atom is 0.308 e. The number of piperidine rings is 1. The zero-order chi connectivity index (χ0) is 20.1. The molecular weight excluding hydrogens is 350 g/mol. The van der Waals surface area contributed by atoms with Crippen molar-refractivity contribution < 1.29 is 14.3 Å². The highest BCUT2D eigenvalue weighted by Crippen LogP contribution is 2.56. The van der Waals surface area contributed by atoms with Crippen LogP contribution in [0.1, 0.15) is 64.0 Å². The van der Waals surface area contributed by atoms with Gasteiger partial charge in [-0.25, -0.2) is 0 Å². The minimum Gasteiger partial charge on any atom is -0.469 e. The number of nitrogens with zero attached hydrogens (tertiary/aromatic N) is 1. The first-order valence-corrected chi connectivity index (χ1v) is 10.8. The molecule has 2 aliphatic carbocycles. The zero-order valence-electron chi connectivity index (χ0n) is 17.7. The van der Waals surface area contributed by atoms with Crippen molar-refractivity contribution in [3.8, 4) is 0 Å². The normalized spacial score (nSPS) is 33.7. The molecule has 0 N–H and O–H groups in total. The summed E-state index contributed by atoms with van der Waals surface area (Å²) in [6.45, 7) is 7.93. The van der Waals surface area contributed by atoms with E-state index < -0.39 is 0 Å². The second-order valence-corrected chi connectivity index (χ2v) is 9.78. The Balaban J connectivity index is 1.55. The van der Waals surface area contributed by atoms with Gasteiger partial charge < -0.3 is 9.64 Å². The van der Waals surface area contributed by atoms with Crippen LogP contribution in [-0.4, -0.2) is 36.5 Å². The molecular formula is C24H33NO3. The van der Waals surface area contributed by atoms with Crippen molar-refractivity contribution in [2.45, 2.75) is 70.8 Å². The summed E-state index contributed by atoms with van der Waals surface area (Å²) in [4.78, 5) is 27.5. The summed E-state index contributed by atoms with van der Waals surface area (Å²) in [6.07, 6.45) is 5.10. The molecule has 2 bridgehead atoms. The Morgan fingerprint density at radius 2 is 1.68 bits per heavy atom. The van der Waals surface area contributed by atoms with Gasteiger partial charge in [0, 0.05) is 23.9 Å². The van der Waals surface area contributed by atoms with Crippen LogP contribution in [0, 0.1) is 17.3 Å². The second-order valence-electron chi connectivity index (χ2n) is 9.78. The average molecular weight is 384 g/mol. The van der Waals surface area contributed by atoms with Crippen LogP contribution in [0.15, 0.2) is 24.3 Å². The van der Waals surface area contributed by atoms with E-state index in [-0.39, 0.29) is 34.7 Å². The fourth-order valence-electron chi connectivity index (χ4n) is 6.11.